The maximum absolute atomic E-state index is 12.5. The number of likely N-dealkylation sites (tertiary alicyclic amines) is 2. The summed E-state index contributed by atoms with van der Waals surface area (Å²) in [5.74, 6) is 0.444. The topological polar surface area (TPSA) is 44.8 Å². The van der Waals surface area contributed by atoms with Crippen LogP contribution in [-0.4, -0.2) is 73.7 Å². The van der Waals surface area contributed by atoms with Crippen LogP contribution < -0.4 is 5.32 Å². The minimum Gasteiger partial charge on any atom is -0.376 e. The van der Waals surface area contributed by atoms with Crippen LogP contribution in [0.5, 0.6) is 0 Å². The standard InChI is InChI=1S/C25H39N3O2/c29-25(26-20-24-9-5-19-30-24)22-10-17-28(18-11-22)23-12-15-27(16-13-23)14-4-8-21-6-2-1-3-7-21/h1-3,6-7,22-24H,4-5,8-20H2,(H,26,29). The van der Waals surface area contributed by atoms with Gasteiger partial charge in [0.2, 0.25) is 5.91 Å². The molecule has 166 valence electrons. The van der Waals surface area contributed by atoms with E-state index < -0.39 is 0 Å². The Hall–Kier alpha value is -1.43. The fraction of sp³-hybridized carbons (Fsp3) is 0.720. The van der Waals surface area contributed by atoms with Crippen LogP contribution in [0.1, 0.15) is 50.5 Å². The molecule has 0 aromatic heterocycles. The molecule has 5 nitrogen and oxygen atoms in total. The van der Waals surface area contributed by atoms with Crippen molar-refractivity contribution in [3.05, 3.63) is 35.9 Å². The summed E-state index contributed by atoms with van der Waals surface area (Å²) in [4.78, 5) is 17.8. The molecule has 3 heterocycles. The number of ether oxygens (including phenoxy) is 1. The van der Waals surface area contributed by atoms with Gasteiger partial charge in [0.25, 0.3) is 0 Å². The molecule has 3 saturated heterocycles. The summed E-state index contributed by atoms with van der Waals surface area (Å²) in [7, 11) is 0. The zero-order chi connectivity index (χ0) is 20.6. The van der Waals surface area contributed by atoms with Gasteiger partial charge in [-0.1, -0.05) is 30.3 Å². The van der Waals surface area contributed by atoms with Crippen LogP contribution in [0.3, 0.4) is 0 Å². The smallest absolute Gasteiger partial charge is 0.223 e. The molecule has 1 N–H and O–H groups in total. The Morgan fingerprint density at radius 1 is 1.00 bits per heavy atom. The second-order valence-corrected chi connectivity index (χ2v) is 9.35. The van der Waals surface area contributed by atoms with Crippen molar-refractivity contribution in [2.75, 3.05) is 45.9 Å². The number of aryl methyl sites for hydroxylation is 1. The average molecular weight is 414 g/mol. The highest BCUT2D eigenvalue weighted by atomic mass is 16.5. The molecule has 0 aliphatic carbocycles. The molecule has 3 fully saturated rings. The van der Waals surface area contributed by atoms with Crippen molar-refractivity contribution in [3.63, 3.8) is 0 Å². The van der Waals surface area contributed by atoms with Gasteiger partial charge < -0.3 is 19.9 Å². The summed E-state index contributed by atoms with van der Waals surface area (Å²) in [6, 6.07) is 11.5. The summed E-state index contributed by atoms with van der Waals surface area (Å²) in [6.45, 7) is 7.37. The van der Waals surface area contributed by atoms with Crippen molar-refractivity contribution < 1.29 is 9.53 Å². The molecule has 4 rings (SSSR count). The van der Waals surface area contributed by atoms with E-state index in [0.29, 0.717) is 12.6 Å². The van der Waals surface area contributed by atoms with Crippen molar-refractivity contribution in [1.29, 1.82) is 0 Å². The van der Waals surface area contributed by atoms with E-state index in [1.807, 2.05) is 0 Å². The highest BCUT2D eigenvalue weighted by Crippen LogP contribution is 2.24. The molecule has 1 unspecified atom stereocenters. The summed E-state index contributed by atoms with van der Waals surface area (Å²) < 4.78 is 5.62. The number of hydrogen-bond acceptors (Lipinski definition) is 4. The molecular formula is C25H39N3O2. The van der Waals surface area contributed by atoms with Gasteiger partial charge in [-0.05, 0) is 89.7 Å². The lowest BCUT2D eigenvalue weighted by molar-refractivity contribution is -0.127. The van der Waals surface area contributed by atoms with E-state index in [0.717, 1.165) is 45.4 Å². The Bertz CT molecular complexity index is 631. The number of hydrogen-bond donors (Lipinski definition) is 1. The van der Waals surface area contributed by atoms with Crippen LogP contribution in [0, 0.1) is 5.92 Å². The first-order valence-corrected chi connectivity index (χ1v) is 12.2. The van der Waals surface area contributed by atoms with Gasteiger partial charge in [-0.15, -0.1) is 0 Å². The molecule has 0 bridgehead atoms. The SMILES string of the molecule is O=C(NCC1CCCO1)C1CCN(C2CCN(CCCc3ccccc3)CC2)CC1. The summed E-state index contributed by atoms with van der Waals surface area (Å²) in [5, 5.41) is 3.14. The monoisotopic (exact) mass is 413 g/mol. The zero-order valence-electron chi connectivity index (χ0n) is 18.4. The molecule has 1 atom stereocenters. The van der Waals surface area contributed by atoms with E-state index in [1.54, 1.807) is 0 Å². The van der Waals surface area contributed by atoms with E-state index in [9.17, 15) is 4.79 Å². The van der Waals surface area contributed by atoms with Gasteiger partial charge in [-0.2, -0.15) is 0 Å². The molecule has 3 aliphatic rings. The lowest BCUT2D eigenvalue weighted by Crippen LogP contribution is -2.49. The highest BCUT2D eigenvalue weighted by Gasteiger charge is 2.30. The first-order valence-electron chi connectivity index (χ1n) is 12.2. The maximum Gasteiger partial charge on any atom is 0.223 e. The summed E-state index contributed by atoms with van der Waals surface area (Å²) >= 11 is 0. The molecule has 1 aromatic carbocycles. The van der Waals surface area contributed by atoms with E-state index in [1.165, 1.54) is 50.9 Å². The van der Waals surface area contributed by atoms with Crippen LogP contribution in [0.4, 0.5) is 0 Å². The molecule has 0 saturated carbocycles. The number of nitrogens with zero attached hydrogens (tertiary/aromatic N) is 2. The van der Waals surface area contributed by atoms with Crippen LogP contribution in [0.2, 0.25) is 0 Å². The quantitative estimate of drug-likeness (QED) is 0.711. The number of carbonyl (C=O) groups is 1. The van der Waals surface area contributed by atoms with Crippen molar-refractivity contribution in [1.82, 2.24) is 15.1 Å². The van der Waals surface area contributed by atoms with Gasteiger partial charge in [-0.25, -0.2) is 0 Å². The number of carbonyl (C=O) groups excluding carboxylic acids is 1. The minimum atomic E-state index is 0.195. The van der Waals surface area contributed by atoms with Crippen molar-refractivity contribution in [3.8, 4) is 0 Å². The molecule has 1 amide bonds. The van der Waals surface area contributed by atoms with E-state index in [4.69, 9.17) is 4.74 Å². The lowest BCUT2D eigenvalue weighted by atomic mass is 9.92. The first-order chi connectivity index (χ1) is 14.8. The molecule has 1 aromatic rings. The van der Waals surface area contributed by atoms with Gasteiger partial charge in [0.05, 0.1) is 6.10 Å². The third-order valence-electron chi connectivity index (χ3n) is 7.28. The Morgan fingerprint density at radius 2 is 1.77 bits per heavy atom. The second-order valence-electron chi connectivity index (χ2n) is 9.35. The normalized spacial score (nSPS) is 24.9. The maximum atomic E-state index is 12.5. The largest absolute Gasteiger partial charge is 0.376 e. The summed E-state index contributed by atoms with van der Waals surface area (Å²) in [6.07, 6.45) is 9.47. The van der Waals surface area contributed by atoms with Gasteiger partial charge in [0.1, 0.15) is 0 Å². The van der Waals surface area contributed by atoms with E-state index in [-0.39, 0.29) is 17.9 Å². The molecule has 30 heavy (non-hydrogen) atoms. The molecule has 5 heteroatoms. The van der Waals surface area contributed by atoms with Crippen LogP contribution in [-0.2, 0) is 16.0 Å². The third kappa shape index (κ3) is 6.29. The Balaban J connectivity index is 1.09. The molecular weight excluding hydrogens is 374 g/mol. The van der Waals surface area contributed by atoms with Crippen molar-refractivity contribution in [2.24, 2.45) is 5.92 Å². The van der Waals surface area contributed by atoms with Crippen molar-refractivity contribution in [2.45, 2.75) is 63.5 Å². The average Bonchev–Trinajstić information content (AvgIpc) is 3.33. The Morgan fingerprint density at radius 3 is 2.47 bits per heavy atom. The van der Waals surface area contributed by atoms with Crippen LogP contribution in [0.15, 0.2) is 30.3 Å². The second kappa shape index (κ2) is 11.3. The van der Waals surface area contributed by atoms with Gasteiger partial charge in [-0.3, -0.25) is 4.79 Å². The van der Waals surface area contributed by atoms with Crippen molar-refractivity contribution >= 4 is 5.91 Å². The predicted octanol–water partition coefficient (Wildman–Crippen LogP) is 3.09. The van der Waals surface area contributed by atoms with Crippen LogP contribution in [0.25, 0.3) is 0 Å². The summed E-state index contributed by atoms with van der Waals surface area (Å²) in [5.41, 5.74) is 1.45. The fourth-order valence-electron chi connectivity index (χ4n) is 5.35. The number of piperidine rings is 2. The first kappa shape index (κ1) is 21.8. The zero-order valence-corrected chi connectivity index (χ0v) is 18.4. The Kier molecular flexibility index (Phi) is 8.18. The van der Waals surface area contributed by atoms with Gasteiger partial charge >= 0.3 is 0 Å². The number of rotatable bonds is 8. The molecule has 0 radical (unpaired) electrons. The number of amides is 1. The number of benzene rings is 1. The highest BCUT2D eigenvalue weighted by molar-refractivity contribution is 5.78. The molecule has 3 aliphatic heterocycles. The molecule has 0 spiro atoms. The third-order valence-corrected chi connectivity index (χ3v) is 7.28. The van der Waals surface area contributed by atoms with Crippen LogP contribution >= 0.6 is 0 Å². The Labute approximate surface area is 182 Å². The van der Waals surface area contributed by atoms with E-state index >= 15 is 0 Å². The number of nitrogens with one attached hydrogen (secondary N) is 1. The minimum absolute atomic E-state index is 0.195. The lowest BCUT2D eigenvalue weighted by Gasteiger charge is -2.41. The van der Waals surface area contributed by atoms with E-state index in [2.05, 4.69) is 45.4 Å². The van der Waals surface area contributed by atoms with Gasteiger partial charge in [0, 0.05) is 25.1 Å². The van der Waals surface area contributed by atoms with Gasteiger partial charge in [0.15, 0.2) is 0 Å². The predicted molar refractivity (Wildman–Crippen MR) is 121 cm³/mol. The fourth-order valence-corrected chi connectivity index (χ4v) is 5.35.